The second-order valence-corrected chi connectivity index (χ2v) is 18.0. The van der Waals surface area contributed by atoms with Crippen LogP contribution in [0.4, 0.5) is 11.4 Å². The van der Waals surface area contributed by atoms with Crippen molar-refractivity contribution >= 4 is 52.7 Å². The molecular weight excluding hydrogens is 767 g/mol. The third kappa shape index (κ3) is 12.7. The summed E-state index contributed by atoms with van der Waals surface area (Å²) in [4.78, 5) is 6.39. The molecule has 0 aliphatic carbocycles. The van der Waals surface area contributed by atoms with Crippen LogP contribution in [0.25, 0.3) is 5.32 Å². The Bertz CT molecular complexity index is 2010. The van der Waals surface area contributed by atoms with Gasteiger partial charge in [-0.3, -0.25) is 4.99 Å². The molecule has 0 aromatic heterocycles. The van der Waals surface area contributed by atoms with Crippen molar-refractivity contribution in [3.8, 4) is 0 Å². The van der Waals surface area contributed by atoms with Crippen LogP contribution in [0.5, 0.6) is 0 Å². The van der Waals surface area contributed by atoms with Crippen LogP contribution in [0.1, 0.15) is 95.4 Å². The summed E-state index contributed by atoms with van der Waals surface area (Å²) in [5, 5.41) is 9.35. The molecule has 0 saturated heterocycles. The van der Waals surface area contributed by atoms with Gasteiger partial charge in [-0.15, -0.1) is 17.4 Å². The van der Waals surface area contributed by atoms with E-state index in [2.05, 4.69) is 219 Å². The molecule has 0 heterocycles. The van der Waals surface area contributed by atoms with Gasteiger partial charge in [0, 0.05) is 16.4 Å². The molecule has 0 radical (unpaired) electrons. The van der Waals surface area contributed by atoms with Crippen molar-refractivity contribution in [2.75, 3.05) is 0 Å². The number of hydrogen-bond acceptors (Lipinski definition) is 2. The third-order valence-electron chi connectivity index (χ3n) is 9.29. The van der Waals surface area contributed by atoms with Crippen LogP contribution >= 0.6 is 19.7 Å². The number of hydrogen-bond donors (Lipinski definition) is 0. The van der Waals surface area contributed by atoms with Crippen molar-refractivity contribution in [2.45, 2.75) is 83.8 Å². The molecule has 0 bridgehead atoms. The quantitative estimate of drug-likeness (QED) is 0.0493. The first-order chi connectivity index (χ1) is 26.6. The predicted octanol–water partition coefficient (Wildman–Crippen LogP) is 14.5. The molecule has 6 aromatic carbocycles. The minimum atomic E-state index is -0.446. The monoisotopic (exact) mass is 822 g/mol. The van der Waals surface area contributed by atoms with E-state index in [1.54, 1.807) is 0 Å². The Balaban J connectivity index is 0.000000291. The van der Waals surface area contributed by atoms with Gasteiger partial charge in [-0.1, -0.05) is 211 Å². The van der Waals surface area contributed by atoms with Gasteiger partial charge in [0.05, 0.1) is 5.69 Å². The van der Waals surface area contributed by atoms with Crippen molar-refractivity contribution in [1.82, 2.24) is 0 Å². The van der Waals surface area contributed by atoms with E-state index in [0.29, 0.717) is 17.8 Å². The van der Waals surface area contributed by atoms with Gasteiger partial charge < -0.3 is 5.32 Å². The van der Waals surface area contributed by atoms with E-state index in [1.807, 2.05) is 11.8 Å². The zero-order chi connectivity index (χ0) is 39.2. The van der Waals surface area contributed by atoms with Gasteiger partial charge in [-0.2, -0.15) is 5.70 Å². The minimum absolute atomic E-state index is 0. The van der Waals surface area contributed by atoms with Gasteiger partial charge in [0.2, 0.25) is 0 Å². The summed E-state index contributed by atoms with van der Waals surface area (Å²) in [6, 6.07) is 56.1. The summed E-state index contributed by atoms with van der Waals surface area (Å²) in [5.41, 5.74) is 9.33. The van der Waals surface area contributed by atoms with E-state index in [-0.39, 0.29) is 17.1 Å². The number of aliphatic imine (C=N–C) groups is 1. The normalized spacial score (nSPS) is 11.7. The Morgan fingerprint density at radius 2 is 0.964 bits per heavy atom. The maximum absolute atomic E-state index is 5.16. The zero-order valence-electron chi connectivity index (χ0n) is 34.1. The third-order valence-corrected chi connectivity index (χ3v) is 12.8. The van der Waals surface area contributed by atoms with Crippen LogP contribution in [0, 0.1) is 0 Å². The molecular formula is C51H56CuN2PS. The number of nitrogens with zero attached hydrogens (tertiary/aromatic N) is 2. The summed E-state index contributed by atoms with van der Waals surface area (Å²) in [7, 11) is -0.446. The first-order valence-electron chi connectivity index (χ1n) is 19.4. The van der Waals surface area contributed by atoms with Crippen LogP contribution in [0.3, 0.4) is 0 Å². The number of rotatable bonds is 13. The fourth-order valence-corrected chi connectivity index (χ4v) is 9.76. The number of para-hydroxylation sites is 2. The van der Waals surface area contributed by atoms with Gasteiger partial charge in [0.15, 0.2) is 0 Å². The number of thioether (sulfide) groups is 1. The molecule has 5 heteroatoms. The van der Waals surface area contributed by atoms with Crippen LogP contribution in [-0.4, -0.2) is 5.71 Å². The van der Waals surface area contributed by atoms with E-state index in [9.17, 15) is 0 Å². The smallest absolute Gasteiger partial charge is 0.661 e. The second kappa shape index (κ2) is 22.5. The number of allylic oxidation sites excluding steroid dienone is 2. The first-order valence-corrected chi connectivity index (χ1v) is 21.8. The van der Waals surface area contributed by atoms with Crippen LogP contribution in [0.2, 0.25) is 0 Å². The summed E-state index contributed by atoms with van der Waals surface area (Å²) < 4.78 is 0. The first kappa shape index (κ1) is 44.5. The van der Waals surface area contributed by atoms with Gasteiger partial charge in [0.25, 0.3) is 0 Å². The molecule has 0 fully saturated rings. The van der Waals surface area contributed by atoms with Crippen LogP contribution in [0.15, 0.2) is 179 Å². The average Bonchev–Trinajstić information content (AvgIpc) is 3.19. The molecule has 0 saturated carbocycles. The van der Waals surface area contributed by atoms with E-state index in [1.165, 1.54) is 43.1 Å². The average molecular weight is 824 g/mol. The van der Waals surface area contributed by atoms with Crippen LogP contribution < -0.4 is 15.9 Å². The van der Waals surface area contributed by atoms with E-state index in [0.717, 1.165) is 28.5 Å². The summed E-state index contributed by atoms with van der Waals surface area (Å²) >= 11 is 1.86. The molecule has 0 aliphatic heterocycles. The Labute approximate surface area is 353 Å². The Hall–Kier alpha value is -4.17. The van der Waals surface area contributed by atoms with Gasteiger partial charge in [-0.25, -0.2) is 0 Å². The maximum atomic E-state index is 5.16. The largest absolute Gasteiger partial charge is 1.00 e. The number of benzene rings is 6. The minimum Gasteiger partial charge on any atom is -0.661 e. The Kier molecular flexibility index (Phi) is 17.9. The molecule has 6 rings (SSSR count). The molecule has 0 amide bonds. The van der Waals surface area contributed by atoms with Gasteiger partial charge in [-0.05, 0) is 71.8 Å². The van der Waals surface area contributed by atoms with Crippen molar-refractivity contribution < 1.29 is 17.1 Å². The summed E-state index contributed by atoms with van der Waals surface area (Å²) in [6.45, 7) is 17.6. The Morgan fingerprint density at radius 3 is 1.41 bits per heavy atom. The fraction of sp³-hybridized carbons (Fsp3) is 0.235. The molecule has 0 spiro atoms. The molecule has 0 unspecified atom stereocenters. The predicted molar refractivity (Wildman–Crippen MR) is 246 cm³/mol. The standard InChI is InChI=1S/C33H41N2S.C18H15P.Cu/c1-22(2)29-17-12-14-27(21-36-28-15-10-9-11-16-28)32(29)34-25(7)20-26(8)35-33-30(23(3)4)18-13-19-31(33)24(5)6;1-4-10-16(11-5-1)19(17-12-6-2-7-13-17)18-14-8-3-9-15-18;/h9-20,22-24H,21H2,1-8H3;1-15H;/q-1;;+1/b25-20-,35-26?;;. The maximum Gasteiger partial charge on any atom is 1.00 e. The van der Waals surface area contributed by atoms with E-state index >= 15 is 0 Å². The molecule has 292 valence electrons. The van der Waals surface area contributed by atoms with Crippen molar-refractivity contribution in [2.24, 2.45) is 4.99 Å². The molecule has 56 heavy (non-hydrogen) atoms. The van der Waals surface area contributed by atoms with E-state index in [4.69, 9.17) is 10.3 Å². The van der Waals surface area contributed by atoms with Gasteiger partial charge >= 0.3 is 17.1 Å². The second-order valence-electron chi connectivity index (χ2n) is 14.7. The molecule has 2 nitrogen and oxygen atoms in total. The van der Waals surface area contributed by atoms with E-state index < -0.39 is 7.92 Å². The molecule has 0 N–H and O–H groups in total. The van der Waals surface area contributed by atoms with Crippen molar-refractivity contribution in [3.05, 3.63) is 197 Å². The van der Waals surface area contributed by atoms with Crippen LogP contribution in [-0.2, 0) is 22.8 Å². The SMILES string of the molecule is CC(/C=C(/C)[N-]c1c(CSc2ccccc2)cccc1C(C)C)=Nc1c(C(C)C)cccc1C(C)C.[Cu+].c1ccc(P(c2ccccc2)c2ccccc2)cc1. The van der Waals surface area contributed by atoms with Crippen molar-refractivity contribution in [3.63, 3.8) is 0 Å². The zero-order valence-corrected chi connectivity index (χ0v) is 36.7. The summed E-state index contributed by atoms with van der Waals surface area (Å²) in [6.07, 6.45) is 2.12. The summed E-state index contributed by atoms with van der Waals surface area (Å²) in [5.74, 6) is 2.14. The fourth-order valence-electron chi connectivity index (χ4n) is 6.55. The molecule has 6 aromatic rings. The van der Waals surface area contributed by atoms with Crippen molar-refractivity contribution in [1.29, 1.82) is 0 Å². The van der Waals surface area contributed by atoms with Gasteiger partial charge in [0.1, 0.15) is 0 Å². The molecule has 0 aliphatic rings. The topological polar surface area (TPSA) is 26.5 Å². The Morgan fingerprint density at radius 1 is 0.554 bits per heavy atom. The molecule has 0 atom stereocenters.